The van der Waals surface area contributed by atoms with Gasteiger partial charge in [0.2, 0.25) is 0 Å². The second-order valence-corrected chi connectivity index (χ2v) is 3.12. The van der Waals surface area contributed by atoms with Gasteiger partial charge >= 0.3 is 12.0 Å². The first kappa shape index (κ1) is 13.7. The topological polar surface area (TPSA) is 89.9 Å². The van der Waals surface area contributed by atoms with Gasteiger partial charge in [-0.15, -0.1) is 0 Å². The van der Waals surface area contributed by atoms with E-state index in [1.54, 1.807) is 0 Å². The minimum Gasteiger partial charge on any atom is -0.480 e. The molecule has 0 saturated heterocycles. The number of unbranched alkanes of at least 4 members (excludes halogenated alkanes) is 1. The van der Waals surface area contributed by atoms with Crippen molar-refractivity contribution in [2.45, 2.75) is 19.8 Å². The highest BCUT2D eigenvalue weighted by Gasteiger charge is 2.12. The van der Waals surface area contributed by atoms with Crippen LogP contribution in [0.1, 0.15) is 19.8 Å². The maximum atomic E-state index is 11.4. The van der Waals surface area contributed by atoms with Gasteiger partial charge in [-0.3, -0.25) is 4.79 Å². The van der Waals surface area contributed by atoms with E-state index < -0.39 is 18.5 Å². The zero-order valence-electron chi connectivity index (χ0n) is 8.90. The lowest BCUT2D eigenvalue weighted by atomic mass is 10.3. The first-order valence-corrected chi connectivity index (χ1v) is 4.97. The van der Waals surface area contributed by atoms with Crippen molar-refractivity contribution in [3.05, 3.63) is 0 Å². The zero-order valence-corrected chi connectivity index (χ0v) is 8.90. The Morgan fingerprint density at radius 2 is 2.00 bits per heavy atom. The molecule has 0 aromatic carbocycles. The van der Waals surface area contributed by atoms with Crippen LogP contribution < -0.4 is 5.32 Å². The Morgan fingerprint density at radius 3 is 2.47 bits per heavy atom. The summed E-state index contributed by atoms with van der Waals surface area (Å²) in [6.07, 6.45) is 1.77. The number of aliphatic hydroxyl groups is 1. The van der Waals surface area contributed by atoms with Gasteiger partial charge in [-0.05, 0) is 6.42 Å². The van der Waals surface area contributed by atoms with E-state index in [9.17, 15) is 9.59 Å². The van der Waals surface area contributed by atoms with Crippen LogP contribution in [0.4, 0.5) is 4.79 Å². The molecule has 0 fully saturated rings. The molecule has 0 saturated carbocycles. The predicted molar refractivity (Wildman–Crippen MR) is 54.6 cm³/mol. The van der Waals surface area contributed by atoms with E-state index in [1.165, 1.54) is 4.90 Å². The van der Waals surface area contributed by atoms with Crippen LogP contribution >= 0.6 is 0 Å². The van der Waals surface area contributed by atoms with Crippen LogP contribution in [0.5, 0.6) is 0 Å². The Morgan fingerprint density at radius 1 is 1.33 bits per heavy atom. The van der Waals surface area contributed by atoms with E-state index in [-0.39, 0.29) is 13.2 Å². The smallest absolute Gasteiger partial charge is 0.323 e. The first-order chi connectivity index (χ1) is 7.11. The molecule has 0 aliphatic carbocycles. The summed E-state index contributed by atoms with van der Waals surface area (Å²) < 4.78 is 0. The molecule has 6 nitrogen and oxygen atoms in total. The quantitative estimate of drug-likeness (QED) is 0.555. The fraction of sp³-hybridized carbons (Fsp3) is 0.778. The van der Waals surface area contributed by atoms with E-state index in [4.69, 9.17) is 10.2 Å². The van der Waals surface area contributed by atoms with Gasteiger partial charge < -0.3 is 20.4 Å². The first-order valence-electron chi connectivity index (χ1n) is 4.97. The summed E-state index contributed by atoms with van der Waals surface area (Å²) >= 11 is 0. The number of aliphatic hydroxyl groups excluding tert-OH is 1. The summed E-state index contributed by atoms with van der Waals surface area (Å²) in [7, 11) is 0. The third-order valence-corrected chi connectivity index (χ3v) is 1.83. The van der Waals surface area contributed by atoms with Crippen LogP contribution in [0.15, 0.2) is 0 Å². The molecule has 0 bridgehead atoms. The number of nitrogens with one attached hydrogen (secondary N) is 1. The SMILES string of the molecule is CCCCN(CCO)C(=O)NCC(=O)O. The third kappa shape index (κ3) is 6.73. The Kier molecular flexibility index (Phi) is 7.35. The standard InChI is InChI=1S/C9H18N2O4/c1-2-3-4-11(5-6-12)9(15)10-7-8(13)14/h12H,2-7H2,1H3,(H,10,15)(H,13,14). The fourth-order valence-electron chi connectivity index (χ4n) is 1.05. The van der Waals surface area contributed by atoms with E-state index in [1.807, 2.05) is 6.92 Å². The summed E-state index contributed by atoms with van der Waals surface area (Å²) in [6.45, 7) is 2.23. The summed E-state index contributed by atoms with van der Waals surface area (Å²) in [6, 6.07) is -0.445. The van der Waals surface area contributed by atoms with E-state index in [0.717, 1.165) is 12.8 Å². The number of nitrogens with zero attached hydrogens (tertiary/aromatic N) is 1. The molecule has 6 heteroatoms. The van der Waals surface area contributed by atoms with Crippen LogP contribution in [0, 0.1) is 0 Å². The lowest BCUT2D eigenvalue weighted by molar-refractivity contribution is -0.135. The summed E-state index contributed by atoms with van der Waals surface area (Å²) in [4.78, 5) is 23.0. The third-order valence-electron chi connectivity index (χ3n) is 1.83. The molecule has 2 amide bonds. The van der Waals surface area contributed by atoms with Gasteiger partial charge in [-0.1, -0.05) is 13.3 Å². The number of hydrogen-bond acceptors (Lipinski definition) is 3. The van der Waals surface area contributed by atoms with Gasteiger partial charge in [-0.25, -0.2) is 4.79 Å². The number of carbonyl (C=O) groups excluding carboxylic acids is 1. The van der Waals surface area contributed by atoms with E-state index in [2.05, 4.69) is 5.32 Å². The number of urea groups is 1. The minimum atomic E-state index is -1.08. The molecule has 0 aliphatic rings. The molecule has 0 unspecified atom stereocenters. The van der Waals surface area contributed by atoms with Gasteiger partial charge in [0.05, 0.1) is 6.61 Å². The second kappa shape index (κ2) is 8.05. The maximum Gasteiger partial charge on any atom is 0.323 e. The van der Waals surface area contributed by atoms with E-state index in [0.29, 0.717) is 6.54 Å². The van der Waals surface area contributed by atoms with Crippen LogP contribution in [0.3, 0.4) is 0 Å². The van der Waals surface area contributed by atoms with E-state index >= 15 is 0 Å². The van der Waals surface area contributed by atoms with Crippen molar-refractivity contribution in [2.24, 2.45) is 0 Å². The largest absolute Gasteiger partial charge is 0.480 e. The van der Waals surface area contributed by atoms with Gasteiger partial charge in [0.15, 0.2) is 0 Å². The number of carbonyl (C=O) groups is 2. The molecule has 0 atom stereocenters. The van der Waals surface area contributed by atoms with Gasteiger partial charge in [0.25, 0.3) is 0 Å². The minimum absolute atomic E-state index is 0.121. The molecule has 3 N–H and O–H groups in total. The predicted octanol–water partition coefficient (Wildman–Crippen LogP) is -0.125. The lowest BCUT2D eigenvalue weighted by Gasteiger charge is -2.21. The Balaban J connectivity index is 3.97. The van der Waals surface area contributed by atoms with Crippen molar-refractivity contribution in [1.29, 1.82) is 0 Å². The average Bonchev–Trinajstić information content (AvgIpc) is 2.20. The number of carboxylic acid groups (broad SMARTS) is 1. The number of aliphatic carboxylic acids is 1. The molecule has 88 valence electrons. The molecule has 15 heavy (non-hydrogen) atoms. The molecule has 0 heterocycles. The molecule has 0 spiro atoms. The molecular weight excluding hydrogens is 200 g/mol. The highest BCUT2D eigenvalue weighted by molar-refractivity contribution is 5.79. The Bertz CT molecular complexity index is 208. The van der Waals surface area contributed by atoms with Crippen LogP contribution in [-0.4, -0.2) is 53.4 Å². The zero-order chi connectivity index (χ0) is 11.7. The number of amides is 2. The van der Waals surface area contributed by atoms with Crippen molar-refractivity contribution < 1.29 is 19.8 Å². The van der Waals surface area contributed by atoms with Crippen molar-refractivity contribution in [1.82, 2.24) is 10.2 Å². The average molecular weight is 218 g/mol. The van der Waals surface area contributed by atoms with Crippen LogP contribution in [-0.2, 0) is 4.79 Å². The van der Waals surface area contributed by atoms with Gasteiger partial charge in [-0.2, -0.15) is 0 Å². The van der Waals surface area contributed by atoms with Crippen molar-refractivity contribution in [2.75, 3.05) is 26.2 Å². The summed E-state index contributed by atoms with van der Waals surface area (Å²) in [5.41, 5.74) is 0. The van der Waals surface area contributed by atoms with Crippen molar-refractivity contribution >= 4 is 12.0 Å². The molecule has 0 aromatic heterocycles. The maximum absolute atomic E-state index is 11.4. The monoisotopic (exact) mass is 218 g/mol. The number of hydrogen-bond donors (Lipinski definition) is 3. The van der Waals surface area contributed by atoms with Crippen LogP contribution in [0.25, 0.3) is 0 Å². The number of rotatable bonds is 7. The molecular formula is C9H18N2O4. The van der Waals surface area contributed by atoms with Crippen molar-refractivity contribution in [3.63, 3.8) is 0 Å². The molecule has 0 radical (unpaired) electrons. The highest BCUT2D eigenvalue weighted by Crippen LogP contribution is 1.95. The highest BCUT2D eigenvalue weighted by atomic mass is 16.4. The van der Waals surface area contributed by atoms with Crippen LogP contribution in [0.2, 0.25) is 0 Å². The molecule has 0 aliphatic heterocycles. The normalized spacial score (nSPS) is 9.73. The lowest BCUT2D eigenvalue weighted by Crippen LogP contribution is -2.43. The van der Waals surface area contributed by atoms with Gasteiger partial charge in [0.1, 0.15) is 6.54 Å². The number of carboxylic acids is 1. The van der Waals surface area contributed by atoms with Crippen molar-refractivity contribution in [3.8, 4) is 0 Å². The Hall–Kier alpha value is -1.30. The molecule has 0 rings (SSSR count). The summed E-state index contributed by atoms with van der Waals surface area (Å²) in [5, 5.41) is 19.3. The summed E-state index contributed by atoms with van der Waals surface area (Å²) in [5.74, 6) is -1.08. The van der Waals surface area contributed by atoms with Gasteiger partial charge in [0, 0.05) is 13.1 Å². The second-order valence-electron chi connectivity index (χ2n) is 3.12. The Labute approximate surface area is 88.9 Å². The molecule has 0 aromatic rings. The fourth-order valence-corrected chi connectivity index (χ4v) is 1.05.